The molecule has 2 rings (SSSR count). The second-order valence-electron chi connectivity index (χ2n) is 16.7. The van der Waals surface area contributed by atoms with E-state index in [9.17, 15) is 19.2 Å². The zero-order chi connectivity index (χ0) is 42.1. The predicted octanol–water partition coefficient (Wildman–Crippen LogP) is 11.9. The van der Waals surface area contributed by atoms with Crippen LogP contribution < -0.4 is 0 Å². The molecule has 2 aliphatic rings. The van der Waals surface area contributed by atoms with Gasteiger partial charge in [-0.25, -0.2) is 0 Å². The summed E-state index contributed by atoms with van der Waals surface area (Å²) >= 11 is 0. The summed E-state index contributed by atoms with van der Waals surface area (Å²) < 4.78 is 11.3. The molecular formula is C49H66O7. The van der Waals surface area contributed by atoms with Gasteiger partial charge < -0.3 is 19.4 Å². The van der Waals surface area contributed by atoms with E-state index in [0.29, 0.717) is 19.3 Å². The first-order valence-corrected chi connectivity index (χ1v) is 19.8. The Bertz CT molecular complexity index is 1790. The molecule has 0 aliphatic heterocycles. The molecular weight excluding hydrogens is 701 g/mol. The Balaban J connectivity index is 1.92. The van der Waals surface area contributed by atoms with Crippen molar-refractivity contribution in [1.29, 1.82) is 0 Å². The first kappa shape index (κ1) is 47.4. The topological polar surface area (TPSA) is 107 Å². The highest BCUT2D eigenvalue weighted by molar-refractivity contribution is 5.81. The van der Waals surface area contributed by atoms with Crippen LogP contribution in [-0.2, 0) is 28.7 Å². The average molecular weight is 767 g/mol. The maximum atomic E-state index is 12.2. The third-order valence-corrected chi connectivity index (χ3v) is 9.99. The molecule has 1 N–H and O–H groups in total. The Morgan fingerprint density at radius 2 is 1.05 bits per heavy atom. The minimum absolute atomic E-state index is 0.00180. The molecule has 2 atom stereocenters. The highest BCUT2D eigenvalue weighted by Gasteiger charge is 2.35. The molecule has 304 valence electrons. The molecule has 56 heavy (non-hydrogen) atoms. The maximum Gasteiger partial charge on any atom is 0.306 e. The summed E-state index contributed by atoms with van der Waals surface area (Å²) in [5, 5.41) is 8.83. The van der Waals surface area contributed by atoms with Crippen molar-refractivity contribution in [2.75, 3.05) is 0 Å². The lowest BCUT2D eigenvalue weighted by molar-refractivity contribution is -0.153. The van der Waals surface area contributed by atoms with Gasteiger partial charge in [0, 0.05) is 19.3 Å². The van der Waals surface area contributed by atoms with Crippen LogP contribution in [0, 0.1) is 10.8 Å². The number of Topliss-reactive ketones (excluding diaryl/α,β-unsaturated/α-hetero) is 1. The van der Waals surface area contributed by atoms with E-state index in [1.165, 1.54) is 29.2 Å². The van der Waals surface area contributed by atoms with Gasteiger partial charge in [0.25, 0.3) is 0 Å². The Morgan fingerprint density at radius 3 is 1.57 bits per heavy atom. The van der Waals surface area contributed by atoms with Gasteiger partial charge in [0.15, 0.2) is 0 Å². The summed E-state index contributed by atoms with van der Waals surface area (Å²) in [4.78, 5) is 46.3. The number of rotatable bonds is 18. The third-order valence-electron chi connectivity index (χ3n) is 9.99. The lowest BCUT2D eigenvalue weighted by Crippen LogP contribution is -2.32. The Kier molecular flexibility index (Phi) is 19.2. The highest BCUT2D eigenvalue weighted by Crippen LogP contribution is 2.43. The quantitative estimate of drug-likeness (QED) is 0.109. The van der Waals surface area contributed by atoms with Crippen LogP contribution in [0.15, 0.2) is 130 Å². The molecule has 0 saturated carbocycles. The van der Waals surface area contributed by atoms with Gasteiger partial charge in [-0.2, -0.15) is 0 Å². The van der Waals surface area contributed by atoms with Gasteiger partial charge in [-0.1, -0.05) is 146 Å². The standard InChI is InChI=1S/C49H66O7/c1-34(20-16-21-35(2)23-25-44-39(6)31-42(33-49(44,10)11)56-47(54)28-26-45(51)52)17-12-13-18-36(3)29-37(4)19-14-15-22-43-38(5)30-41(32-48(43,8)9)55-46(53)27-24-40(7)50/h12-23,25,29,41-42H,24,26-28,30-33H2,1-11H3,(H,51,52)/b13-12+,19-14+,20-16+,22-15+,25-23+,34-17+,35-21+,36-18+,37-29+. The molecule has 0 amide bonds. The van der Waals surface area contributed by atoms with E-state index in [0.717, 1.165) is 28.7 Å². The molecule has 2 unspecified atom stereocenters. The van der Waals surface area contributed by atoms with Crippen LogP contribution in [0.2, 0.25) is 0 Å². The number of ether oxygens (including phenoxy) is 2. The lowest BCUT2D eigenvalue weighted by atomic mass is 9.71. The largest absolute Gasteiger partial charge is 0.481 e. The van der Waals surface area contributed by atoms with Crippen molar-refractivity contribution < 1.29 is 33.8 Å². The van der Waals surface area contributed by atoms with Gasteiger partial charge in [-0.3, -0.25) is 14.4 Å². The van der Waals surface area contributed by atoms with Gasteiger partial charge in [0.05, 0.1) is 19.3 Å². The number of hydrogen-bond donors (Lipinski definition) is 1. The molecule has 0 radical (unpaired) electrons. The molecule has 0 spiro atoms. The summed E-state index contributed by atoms with van der Waals surface area (Å²) in [5.41, 5.74) is 9.14. The van der Waals surface area contributed by atoms with Crippen molar-refractivity contribution in [3.63, 3.8) is 0 Å². The number of carbonyl (C=O) groups excluding carboxylic acids is 3. The van der Waals surface area contributed by atoms with Crippen LogP contribution >= 0.6 is 0 Å². The molecule has 0 fully saturated rings. The minimum atomic E-state index is -0.999. The number of esters is 2. The van der Waals surface area contributed by atoms with Crippen LogP contribution in [-0.4, -0.2) is 41.0 Å². The number of allylic oxidation sites excluding steroid dienone is 20. The fourth-order valence-electron chi connectivity index (χ4n) is 7.35. The van der Waals surface area contributed by atoms with Crippen molar-refractivity contribution in [1.82, 2.24) is 0 Å². The number of carbonyl (C=O) groups is 4. The molecule has 0 aromatic carbocycles. The van der Waals surface area contributed by atoms with Crippen LogP contribution in [0.25, 0.3) is 0 Å². The van der Waals surface area contributed by atoms with Gasteiger partial charge in [-0.05, 0) is 83.3 Å². The predicted molar refractivity (Wildman–Crippen MR) is 229 cm³/mol. The number of hydrogen-bond acceptors (Lipinski definition) is 6. The molecule has 7 heteroatoms. The smallest absolute Gasteiger partial charge is 0.306 e. The number of ketones is 1. The molecule has 0 bridgehead atoms. The zero-order valence-electron chi connectivity index (χ0n) is 35.8. The van der Waals surface area contributed by atoms with Crippen molar-refractivity contribution >= 4 is 23.7 Å². The summed E-state index contributed by atoms with van der Waals surface area (Å²) in [6.45, 7) is 22.6. The molecule has 0 saturated heterocycles. The zero-order valence-corrected chi connectivity index (χ0v) is 35.8. The van der Waals surface area contributed by atoms with E-state index >= 15 is 0 Å². The summed E-state index contributed by atoms with van der Waals surface area (Å²) in [5.74, 6) is -1.75. The molecule has 0 heterocycles. The van der Waals surface area contributed by atoms with E-state index in [-0.39, 0.29) is 60.5 Å². The summed E-state index contributed by atoms with van der Waals surface area (Å²) in [6, 6.07) is 0. The van der Waals surface area contributed by atoms with Crippen molar-refractivity contribution in [2.45, 2.75) is 140 Å². The molecule has 2 aliphatic carbocycles. The van der Waals surface area contributed by atoms with Crippen LogP contribution in [0.5, 0.6) is 0 Å². The van der Waals surface area contributed by atoms with Crippen LogP contribution in [0.4, 0.5) is 0 Å². The van der Waals surface area contributed by atoms with Gasteiger partial charge in [-0.15, -0.1) is 0 Å². The highest BCUT2D eigenvalue weighted by atomic mass is 16.5. The van der Waals surface area contributed by atoms with E-state index in [1.807, 2.05) is 18.2 Å². The van der Waals surface area contributed by atoms with E-state index in [4.69, 9.17) is 14.6 Å². The number of aliphatic carboxylic acids is 1. The van der Waals surface area contributed by atoms with Gasteiger partial charge in [0.1, 0.15) is 18.0 Å². The normalized spacial score (nSPS) is 21.3. The Morgan fingerprint density at radius 1 is 0.589 bits per heavy atom. The van der Waals surface area contributed by atoms with Crippen LogP contribution in [0.3, 0.4) is 0 Å². The third kappa shape index (κ3) is 17.8. The van der Waals surface area contributed by atoms with E-state index < -0.39 is 11.9 Å². The first-order valence-electron chi connectivity index (χ1n) is 19.8. The fourth-order valence-corrected chi connectivity index (χ4v) is 7.35. The molecule has 7 nitrogen and oxygen atoms in total. The van der Waals surface area contributed by atoms with E-state index in [2.05, 4.69) is 136 Å². The maximum absolute atomic E-state index is 12.2. The Hall–Kier alpha value is -4.78. The van der Waals surface area contributed by atoms with Crippen molar-refractivity contribution in [3.8, 4) is 0 Å². The van der Waals surface area contributed by atoms with Gasteiger partial charge in [0.2, 0.25) is 0 Å². The number of carboxylic acids is 1. The summed E-state index contributed by atoms with van der Waals surface area (Å²) in [7, 11) is 0. The first-order chi connectivity index (χ1) is 26.2. The Labute approximate surface area is 336 Å². The summed E-state index contributed by atoms with van der Waals surface area (Å²) in [6.07, 6.45) is 31.7. The van der Waals surface area contributed by atoms with Crippen molar-refractivity contribution in [2.24, 2.45) is 10.8 Å². The average Bonchev–Trinajstić information content (AvgIpc) is 3.06. The van der Waals surface area contributed by atoms with Gasteiger partial charge >= 0.3 is 17.9 Å². The monoisotopic (exact) mass is 766 g/mol. The molecule has 0 aromatic rings. The second kappa shape index (κ2) is 22.7. The fraction of sp³-hybridized carbons (Fsp3) is 0.469. The SMILES string of the molecule is CC(=O)CCC(=O)OC1CC(C)=C(/C=C/C=C/C(C)=C/C(C)=C/C=C/C=C(C)/C=C/C=C(C)/C=C/C2=C(C)CC(OC(=O)CCC(=O)O)CC2(C)C)C(C)(C)C1. The second-order valence-corrected chi connectivity index (χ2v) is 16.7. The minimum Gasteiger partial charge on any atom is -0.481 e. The van der Waals surface area contributed by atoms with Crippen LogP contribution in [0.1, 0.15) is 128 Å². The number of carboxylic acid groups (broad SMARTS) is 1. The van der Waals surface area contributed by atoms with Crippen molar-refractivity contribution in [3.05, 3.63) is 130 Å². The lowest BCUT2D eigenvalue weighted by Gasteiger charge is -2.37. The van der Waals surface area contributed by atoms with E-state index in [1.54, 1.807) is 0 Å². The molecule has 0 aromatic heterocycles.